The Morgan fingerprint density at radius 1 is 0.318 bits per heavy atom. The van der Waals surface area contributed by atoms with Crippen LogP contribution in [-0.2, 0) is 0 Å². The standard InChI is InChI=1S/C59H37I2N5/c1-36-14-29-56-48(32-36)45-8-2-5-11-53(45)64(56)42-23-15-37(16-24-42)51-35-52(38-17-25-43(26-18-38)65-54-12-6-3-9-46(54)49-33-40(60)21-30-57(49)65)63-59(62-51)39-19-27-44(28-20-39)66-55-13-7-4-10-47(55)50-34-41(61)22-31-58(50)66/h2-35H,1H3. The van der Waals surface area contributed by atoms with Crippen molar-refractivity contribution in [2.45, 2.75) is 6.92 Å². The second-order valence-corrected chi connectivity index (χ2v) is 19.5. The lowest BCUT2D eigenvalue weighted by Gasteiger charge is -2.13. The minimum Gasteiger partial charge on any atom is -0.309 e. The molecular weight excluding hydrogens is 1030 g/mol. The molecule has 0 spiro atoms. The third kappa shape index (κ3) is 6.39. The lowest BCUT2D eigenvalue weighted by Crippen LogP contribution is -1.98. The summed E-state index contributed by atoms with van der Waals surface area (Å²) >= 11 is 4.81. The maximum atomic E-state index is 5.31. The fourth-order valence-corrected chi connectivity index (χ4v) is 11.0. The van der Waals surface area contributed by atoms with E-state index in [1.807, 2.05) is 0 Å². The van der Waals surface area contributed by atoms with Crippen molar-refractivity contribution in [2.24, 2.45) is 0 Å². The maximum Gasteiger partial charge on any atom is 0.160 e. The quantitative estimate of drug-likeness (QED) is 0.156. The smallest absolute Gasteiger partial charge is 0.160 e. The first-order chi connectivity index (χ1) is 32.4. The minimum atomic E-state index is 0.675. The Labute approximate surface area is 407 Å². The van der Waals surface area contributed by atoms with Crippen LogP contribution in [0.3, 0.4) is 0 Å². The summed E-state index contributed by atoms with van der Waals surface area (Å²) in [5.74, 6) is 0.675. The lowest BCUT2D eigenvalue weighted by molar-refractivity contribution is 1.16. The number of benzene rings is 9. The highest BCUT2D eigenvalue weighted by Crippen LogP contribution is 2.38. The average molecular weight is 1070 g/mol. The molecule has 0 amide bonds. The number of fused-ring (bicyclic) bond motifs is 9. The number of aryl methyl sites for hydroxylation is 1. The number of hydrogen-bond donors (Lipinski definition) is 0. The molecule has 66 heavy (non-hydrogen) atoms. The van der Waals surface area contributed by atoms with Gasteiger partial charge in [-0.3, -0.25) is 0 Å². The summed E-state index contributed by atoms with van der Waals surface area (Å²) in [5.41, 5.74) is 16.4. The Morgan fingerprint density at radius 2 is 0.667 bits per heavy atom. The summed E-state index contributed by atoms with van der Waals surface area (Å²) in [4.78, 5) is 10.6. The van der Waals surface area contributed by atoms with Gasteiger partial charge in [-0.05, 0) is 173 Å². The van der Waals surface area contributed by atoms with Crippen LogP contribution in [0.15, 0.2) is 206 Å². The monoisotopic (exact) mass is 1070 g/mol. The fourth-order valence-electron chi connectivity index (χ4n) is 10.0. The van der Waals surface area contributed by atoms with Crippen LogP contribution in [0, 0.1) is 14.1 Å². The molecule has 0 bridgehead atoms. The molecule has 0 aliphatic rings. The highest BCUT2D eigenvalue weighted by atomic mass is 127. The zero-order chi connectivity index (χ0) is 44.0. The molecule has 5 nitrogen and oxygen atoms in total. The molecule has 0 atom stereocenters. The van der Waals surface area contributed by atoms with Crippen molar-refractivity contribution in [1.29, 1.82) is 0 Å². The van der Waals surface area contributed by atoms with Crippen LogP contribution in [0.2, 0.25) is 0 Å². The number of nitrogens with zero attached hydrogens (tertiary/aromatic N) is 5. The summed E-state index contributed by atoms with van der Waals surface area (Å²) in [7, 11) is 0. The number of aromatic nitrogens is 5. The predicted octanol–water partition coefficient (Wildman–Crippen LogP) is 16.3. The molecule has 312 valence electrons. The third-order valence-corrected chi connectivity index (χ3v) is 14.4. The zero-order valence-electron chi connectivity index (χ0n) is 35.6. The van der Waals surface area contributed by atoms with Crippen LogP contribution in [0.1, 0.15) is 5.56 Å². The Balaban J connectivity index is 0.933. The van der Waals surface area contributed by atoms with Crippen LogP contribution >= 0.6 is 45.2 Å². The van der Waals surface area contributed by atoms with E-state index in [4.69, 9.17) is 9.97 Å². The van der Waals surface area contributed by atoms with E-state index in [1.165, 1.54) is 78.1 Å². The Morgan fingerprint density at radius 3 is 1.09 bits per heavy atom. The van der Waals surface area contributed by atoms with Gasteiger partial charge in [0, 0.05) is 73.2 Å². The van der Waals surface area contributed by atoms with Gasteiger partial charge in [-0.15, -0.1) is 0 Å². The molecule has 13 aromatic rings. The molecule has 0 unspecified atom stereocenters. The molecule has 7 heteroatoms. The van der Waals surface area contributed by atoms with Crippen LogP contribution in [0.5, 0.6) is 0 Å². The van der Waals surface area contributed by atoms with Gasteiger partial charge in [0.15, 0.2) is 5.82 Å². The van der Waals surface area contributed by atoms with Crippen molar-refractivity contribution in [1.82, 2.24) is 23.7 Å². The average Bonchev–Trinajstić information content (AvgIpc) is 3.99. The molecular formula is C59H37I2N5. The van der Waals surface area contributed by atoms with E-state index in [0.717, 1.165) is 45.1 Å². The molecule has 4 aromatic heterocycles. The van der Waals surface area contributed by atoms with Gasteiger partial charge in [0.1, 0.15) is 0 Å². The Hall–Kier alpha value is -7.08. The van der Waals surface area contributed by atoms with Crippen LogP contribution in [0.25, 0.3) is 116 Å². The van der Waals surface area contributed by atoms with Crippen molar-refractivity contribution in [2.75, 3.05) is 0 Å². The summed E-state index contributed by atoms with van der Waals surface area (Å²) in [6.45, 7) is 2.16. The van der Waals surface area contributed by atoms with Gasteiger partial charge < -0.3 is 13.7 Å². The van der Waals surface area contributed by atoms with Gasteiger partial charge >= 0.3 is 0 Å². The van der Waals surface area contributed by atoms with E-state index in [1.54, 1.807) is 0 Å². The van der Waals surface area contributed by atoms with E-state index in [-0.39, 0.29) is 0 Å². The normalized spacial score (nSPS) is 11.9. The van der Waals surface area contributed by atoms with Crippen LogP contribution in [-0.4, -0.2) is 23.7 Å². The van der Waals surface area contributed by atoms with Gasteiger partial charge in [0.2, 0.25) is 0 Å². The topological polar surface area (TPSA) is 40.6 Å². The van der Waals surface area contributed by atoms with Crippen LogP contribution < -0.4 is 0 Å². The summed E-state index contributed by atoms with van der Waals surface area (Å²) in [5, 5.41) is 7.51. The number of rotatable bonds is 6. The summed E-state index contributed by atoms with van der Waals surface area (Å²) < 4.78 is 9.52. The Bertz CT molecular complexity index is 3630. The molecule has 0 aliphatic heterocycles. The molecule has 0 saturated heterocycles. The van der Waals surface area contributed by atoms with E-state index in [9.17, 15) is 0 Å². The van der Waals surface area contributed by atoms with E-state index in [2.05, 4.69) is 272 Å². The first-order valence-corrected chi connectivity index (χ1v) is 24.2. The van der Waals surface area contributed by atoms with Crippen molar-refractivity contribution in [3.8, 4) is 51.0 Å². The maximum absolute atomic E-state index is 5.31. The molecule has 0 aliphatic carbocycles. The van der Waals surface area contributed by atoms with Gasteiger partial charge in [-0.2, -0.15) is 0 Å². The molecule has 9 aromatic carbocycles. The van der Waals surface area contributed by atoms with Gasteiger partial charge in [0.05, 0.1) is 44.5 Å². The van der Waals surface area contributed by atoms with Crippen LogP contribution in [0.4, 0.5) is 0 Å². The first kappa shape index (κ1) is 39.3. The largest absolute Gasteiger partial charge is 0.309 e. The molecule has 4 heterocycles. The first-order valence-electron chi connectivity index (χ1n) is 22.0. The second kappa shape index (κ2) is 15.5. The summed E-state index contributed by atoms with van der Waals surface area (Å²) in [6, 6.07) is 74.5. The van der Waals surface area contributed by atoms with Crippen molar-refractivity contribution >= 4 is 111 Å². The Kier molecular flexibility index (Phi) is 9.25. The zero-order valence-corrected chi connectivity index (χ0v) is 39.9. The predicted molar refractivity (Wildman–Crippen MR) is 292 cm³/mol. The number of halogens is 2. The highest BCUT2D eigenvalue weighted by molar-refractivity contribution is 14.1. The van der Waals surface area contributed by atoms with E-state index >= 15 is 0 Å². The molecule has 0 N–H and O–H groups in total. The number of para-hydroxylation sites is 3. The molecule has 0 saturated carbocycles. The van der Waals surface area contributed by atoms with Gasteiger partial charge in [-0.25, -0.2) is 9.97 Å². The second-order valence-electron chi connectivity index (χ2n) is 17.0. The molecule has 0 radical (unpaired) electrons. The van der Waals surface area contributed by atoms with Gasteiger partial charge in [0.25, 0.3) is 0 Å². The lowest BCUT2D eigenvalue weighted by atomic mass is 10.1. The third-order valence-electron chi connectivity index (χ3n) is 13.0. The van der Waals surface area contributed by atoms with Gasteiger partial charge in [-0.1, -0.05) is 90.5 Å². The molecule has 13 rings (SSSR count). The number of hydrogen-bond acceptors (Lipinski definition) is 2. The van der Waals surface area contributed by atoms with E-state index in [0.29, 0.717) is 5.82 Å². The SMILES string of the molecule is Cc1ccc2c(c1)c1ccccc1n2-c1ccc(-c2cc(-c3ccc(-n4c5ccccc5c5cc(I)ccc54)cc3)nc(-c3ccc(-n4c5ccccc5c5cc(I)ccc54)cc3)n2)cc1. The highest BCUT2D eigenvalue weighted by Gasteiger charge is 2.18. The minimum absolute atomic E-state index is 0.675. The van der Waals surface area contributed by atoms with Crippen molar-refractivity contribution in [3.63, 3.8) is 0 Å². The fraction of sp³-hybridized carbons (Fsp3) is 0.0169. The molecule has 0 fully saturated rings. The summed E-state index contributed by atoms with van der Waals surface area (Å²) in [6.07, 6.45) is 0. The van der Waals surface area contributed by atoms with E-state index < -0.39 is 0 Å². The van der Waals surface area contributed by atoms with Crippen molar-refractivity contribution < 1.29 is 0 Å². The van der Waals surface area contributed by atoms with Crippen molar-refractivity contribution in [3.05, 3.63) is 219 Å².